The monoisotopic (exact) mass is 353 g/mol. The summed E-state index contributed by atoms with van der Waals surface area (Å²) in [5.41, 5.74) is 1.75. The topological polar surface area (TPSA) is 20.3 Å². The highest BCUT2D eigenvalue weighted by atomic mass is 79.9. The summed E-state index contributed by atoms with van der Waals surface area (Å²) in [6, 6.07) is 8.62. The van der Waals surface area contributed by atoms with Gasteiger partial charge < -0.3 is 4.90 Å². The zero-order chi connectivity index (χ0) is 15.6. The first kappa shape index (κ1) is 15.6. The van der Waals surface area contributed by atoms with Gasteiger partial charge in [-0.2, -0.15) is 0 Å². The molecule has 0 saturated heterocycles. The number of nitrogens with zero attached hydrogens (tertiary/aromatic N) is 1. The van der Waals surface area contributed by atoms with E-state index in [4.69, 9.17) is 0 Å². The van der Waals surface area contributed by atoms with E-state index in [1.807, 2.05) is 6.92 Å². The Balaban J connectivity index is 2.17. The van der Waals surface area contributed by atoms with Crippen LogP contribution in [0.1, 0.15) is 21.5 Å². The summed E-state index contributed by atoms with van der Waals surface area (Å²) >= 11 is 3.38. The summed E-state index contributed by atoms with van der Waals surface area (Å²) in [7, 11) is 1.59. The van der Waals surface area contributed by atoms with Crippen molar-refractivity contribution in [3.63, 3.8) is 0 Å². The van der Waals surface area contributed by atoms with E-state index < -0.39 is 11.6 Å². The van der Waals surface area contributed by atoms with Gasteiger partial charge in [-0.15, -0.1) is 0 Å². The summed E-state index contributed by atoms with van der Waals surface area (Å²) in [6.07, 6.45) is 0. The molecule has 0 spiro atoms. The lowest BCUT2D eigenvalue weighted by molar-refractivity contribution is 0.0783. The molecule has 21 heavy (non-hydrogen) atoms. The van der Waals surface area contributed by atoms with Crippen molar-refractivity contribution in [3.8, 4) is 0 Å². The SMILES string of the molecule is Cc1cc(C(=O)N(C)Cc2ccc(F)cc2F)ccc1Br. The van der Waals surface area contributed by atoms with Crippen LogP contribution in [0.15, 0.2) is 40.9 Å². The molecule has 0 heterocycles. The molecule has 0 unspecified atom stereocenters. The number of carbonyl (C=O) groups is 1. The highest BCUT2D eigenvalue weighted by molar-refractivity contribution is 9.10. The molecule has 0 bridgehead atoms. The quantitative estimate of drug-likeness (QED) is 0.805. The third kappa shape index (κ3) is 3.67. The normalized spacial score (nSPS) is 10.5. The Bertz CT molecular complexity index is 688. The second-order valence-electron chi connectivity index (χ2n) is 4.86. The van der Waals surface area contributed by atoms with Gasteiger partial charge in [-0.05, 0) is 36.8 Å². The maximum atomic E-state index is 13.6. The highest BCUT2D eigenvalue weighted by Gasteiger charge is 2.15. The van der Waals surface area contributed by atoms with E-state index >= 15 is 0 Å². The molecule has 0 radical (unpaired) electrons. The Morgan fingerprint density at radius 1 is 1.19 bits per heavy atom. The molecule has 2 aromatic carbocycles. The van der Waals surface area contributed by atoms with Crippen molar-refractivity contribution in [1.82, 2.24) is 4.90 Å². The van der Waals surface area contributed by atoms with Crippen LogP contribution in [0.3, 0.4) is 0 Å². The molecule has 5 heteroatoms. The van der Waals surface area contributed by atoms with Gasteiger partial charge in [0.1, 0.15) is 11.6 Å². The Labute approximate surface area is 130 Å². The number of aryl methyl sites for hydroxylation is 1. The average Bonchev–Trinajstić information content (AvgIpc) is 2.44. The van der Waals surface area contributed by atoms with Crippen LogP contribution in [0.5, 0.6) is 0 Å². The molecular formula is C16H14BrF2NO. The Hall–Kier alpha value is -1.75. The maximum Gasteiger partial charge on any atom is 0.253 e. The molecule has 0 aromatic heterocycles. The number of hydrogen-bond acceptors (Lipinski definition) is 1. The molecule has 0 atom stereocenters. The van der Waals surface area contributed by atoms with Crippen molar-refractivity contribution in [1.29, 1.82) is 0 Å². The number of amides is 1. The number of hydrogen-bond donors (Lipinski definition) is 0. The molecule has 0 aliphatic carbocycles. The summed E-state index contributed by atoms with van der Waals surface area (Å²) < 4.78 is 27.4. The molecule has 0 saturated carbocycles. The molecule has 110 valence electrons. The lowest BCUT2D eigenvalue weighted by Gasteiger charge is -2.18. The first-order chi connectivity index (χ1) is 9.88. The highest BCUT2D eigenvalue weighted by Crippen LogP contribution is 2.19. The van der Waals surface area contributed by atoms with Crippen LogP contribution in [0, 0.1) is 18.6 Å². The van der Waals surface area contributed by atoms with Crippen LogP contribution in [-0.2, 0) is 6.54 Å². The van der Waals surface area contributed by atoms with Crippen molar-refractivity contribution >= 4 is 21.8 Å². The largest absolute Gasteiger partial charge is 0.337 e. The van der Waals surface area contributed by atoms with Gasteiger partial charge in [0.25, 0.3) is 5.91 Å². The van der Waals surface area contributed by atoms with Crippen LogP contribution in [0.2, 0.25) is 0 Å². The van der Waals surface area contributed by atoms with E-state index in [2.05, 4.69) is 15.9 Å². The van der Waals surface area contributed by atoms with Gasteiger partial charge in [0.05, 0.1) is 0 Å². The fourth-order valence-electron chi connectivity index (χ4n) is 1.98. The fourth-order valence-corrected chi connectivity index (χ4v) is 2.22. The van der Waals surface area contributed by atoms with E-state index in [0.717, 1.165) is 16.1 Å². The zero-order valence-electron chi connectivity index (χ0n) is 11.7. The van der Waals surface area contributed by atoms with Crippen LogP contribution >= 0.6 is 15.9 Å². The molecule has 0 aliphatic heterocycles. The summed E-state index contributed by atoms with van der Waals surface area (Å²) in [6.45, 7) is 1.97. The van der Waals surface area contributed by atoms with Gasteiger partial charge in [-0.1, -0.05) is 22.0 Å². The van der Waals surface area contributed by atoms with Crippen LogP contribution in [0.4, 0.5) is 8.78 Å². The third-order valence-electron chi connectivity index (χ3n) is 3.17. The molecular weight excluding hydrogens is 340 g/mol. The predicted octanol–water partition coefficient (Wildman–Crippen LogP) is 4.31. The minimum atomic E-state index is -0.651. The maximum absolute atomic E-state index is 13.6. The Morgan fingerprint density at radius 2 is 1.90 bits per heavy atom. The predicted molar refractivity (Wildman–Crippen MR) is 81.0 cm³/mol. The van der Waals surface area contributed by atoms with Gasteiger partial charge in [0.2, 0.25) is 0 Å². The van der Waals surface area contributed by atoms with Crippen molar-refractivity contribution < 1.29 is 13.6 Å². The first-order valence-electron chi connectivity index (χ1n) is 6.34. The molecule has 2 nitrogen and oxygen atoms in total. The van der Waals surface area contributed by atoms with E-state index in [1.165, 1.54) is 17.0 Å². The third-order valence-corrected chi connectivity index (χ3v) is 4.06. The zero-order valence-corrected chi connectivity index (χ0v) is 13.2. The van der Waals surface area contributed by atoms with Crippen molar-refractivity contribution in [2.75, 3.05) is 7.05 Å². The molecule has 2 aromatic rings. The second-order valence-corrected chi connectivity index (χ2v) is 5.72. The molecule has 0 N–H and O–H groups in total. The number of rotatable bonds is 3. The van der Waals surface area contributed by atoms with Crippen LogP contribution in [-0.4, -0.2) is 17.9 Å². The van der Waals surface area contributed by atoms with Crippen molar-refractivity contribution in [2.24, 2.45) is 0 Å². The standard InChI is InChI=1S/C16H14BrF2NO/c1-10-7-11(4-6-14(10)17)16(21)20(2)9-12-3-5-13(18)8-15(12)19/h3-8H,9H2,1-2H3. The van der Waals surface area contributed by atoms with E-state index in [0.29, 0.717) is 5.56 Å². The second kappa shape index (κ2) is 6.35. The van der Waals surface area contributed by atoms with Crippen LogP contribution < -0.4 is 0 Å². The van der Waals surface area contributed by atoms with Gasteiger partial charge in [-0.25, -0.2) is 8.78 Å². The van der Waals surface area contributed by atoms with Gasteiger partial charge in [-0.3, -0.25) is 4.79 Å². The molecule has 2 rings (SSSR count). The number of halogens is 3. The van der Waals surface area contributed by atoms with Gasteiger partial charge in [0.15, 0.2) is 0 Å². The lowest BCUT2D eigenvalue weighted by atomic mass is 10.1. The molecule has 1 amide bonds. The molecule has 0 fully saturated rings. The van der Waals surface area contributed by atoms with Gasteiger partial charge >= 0.3 is 0 Å². The average molecular weight is 354 g/mol. The first-order valence-corrected chi connectivity index (χ1v) is 7.13. The van der Waals surface area contributed by atoms with E-state index in [1.54, 1.807) is 25.2 Å². The smallest absolute Gasteiger partial charge is 0.253 e. The van der Waals surface area contributed by atoms with Crippen molar-refractivity contribution in [3.05, 3.63) is 69.2 Å². The van der Waals surface area contributed by atoms with Crippen LogP contribution in [0.25, 0.3) is 0 Å². The molecule has 0 aliphatic rings. The minimum Gasteiger partial charge on any atom is -0.337 e. The summed E-state index contributed by atoms with van der Waals surface area (Å²) in [4.78, 5) is 13.7. The lowest BCUT2D eigenvalue weighted by Crippen LogP contribution is -2.26. The summed E-state index contributed by atoms with van der Waals surface area (Å²) in [5.74, 6) is -1.50. The van der Waals surface area contributed by atoms with Crippen molar-refractivity contribution in [2.45, 2.75) is 13.5 Å². The van der Waals surface area contributed by atoms with E-state index in [9.17, 15) is 13.6 Å². The Morgan fingerprint density at radius 3 is 2.52 bits per heavy atom. The summed E-state index contributed by atoms with van der Waals surface area (Å²) in [5, 5.41) is 0. The minimum absolute atomic E-state index is 0.0834. The van der Waals surface area contributed by atoms with Gasteiger partial charge in [0, 0.05) is 35.3 Å². The fraction of sp³-hybridized carbons (Fsp3) is 0.188. The Kier molecular flexibility index (Phi) is 4.73. The number of carbonyl (C=O) groups excluding carboxylic acids is 1. The number of benzene rings is 2. The van der Waals surface area contributed by atoms with E-state index in [-0.39, 0.29) is 18.0 Å².